The smallest absolute Gasteiger partial charge is 0.0346 e. The maximum absolute atomic E-state index is 5.89. The normalized spacial score (nSPS) is 11.9. The summed E-state index contributed by atoms with van der Waals surface area (Å²) in [6, 6.07) is 14.3. The molecule has 0 heterocycles. The predicted molar refractivity (Wildman–Crippen MR) is 94.0 cm³/mol. The van der Waals surface area contributed by atoms with E-state index in [1.54, 1.807) is 0 Å². The summed E-state index contributed by atoms with van der Waals surface area (Å²) in [5.74, 6) is 0. The van der Waals surface area contributed by atoms with Gasteiger partial charge in [-0.25, -0.2) is 0 Å². The van der Waals surface area contributed by atoms with Crippen molar-refractivity contribution in [3.05, 3.63) is 89.0 Å². The average Bonchev–Trinajstić information content (AvgIpc) is 2.51. The van der Waals surface area contributed by atoms with Crippen LogP contribution in [0.1, 0.15) is 22.3 Å². The van der Waals surface area contributed by atoms with Crippen molar-refractivity contribution in [1.29, 1.82) is 0 Å². The highest BCUT2D eigenvalue weighted by Crippen LogP contribution is 2.20. The maximum atomic E-state index is 5.89. The van der Waals surface area contributed by atoms with Crippen LogP contribution in [-0.4, -0.2) is 0 Å². The highest BCUT2D eigenvalue weighted by molar-refractivity contribution is 5.63. The van der Waals surface area contributed by atoms with Crippen LogP contribution >= 0.6 is 0 Å². The van der Waals surface area contributed by atoms with Gasteiger partial charge >= 0.3 is 0 Å². The molecule has 1 heteroatoms. The number of nitrogen functional groups attached to an aromatic ring is 1. The Morgan fingerprint density at radius 1 is 0.714 bits per heavy atom. The number of nitrogens with two attached hydrogens (primary N) is 1. The van der Waals surface area contributed by atoms with E-state index < -0.39 is 0 Å². The lowest BCUT2D eigenvalue weighted by Crippen LogP contribution is -1.93. The first-order valence-electron chi connectivity index (χ1n) is 7.10. The molecule has 0 aliphatic heterocycles. The second kappa shape index (κ2) is 7.30. The van der Waals surface area contributed by atoms with Crippen LogP contribution in [0.25, 0.3) is 12.2 Å². The summed E-state index contributed by atoms with van der Waals surface area (Å²) >= 11 is 0. The summed E-state index contributed by atoms with van der Waals surface area (Å²) < 4.78 is 0. The molecular weight excluding hydrogens is 254 g/mol. The molecular formula is C20H21N. The van der Waals surface area contributed by atoms with Gasteiger partial charge in [0.2, 0.25) is 0 Å². The van der Waals surface area contributed by atoms with Gasteiger partial charge in [-0.2, -0.15) is 0 Å². The average molecular weight is 275 g/mol. The van der Waals surface area contributed by atoms with Gasteiger partial charge in [0.05, 0.1) is 0 Å². The first-order valence-corrected chi connectivity index (χ1v) is 7.10. The van der Waals surface area contributed by atoms with Crippen molar-refractivity contribution in [2.75, 3.05) is 5.73 Å². The lowest BCUT2D eigenvalue weighted by molar-refractivity contribution is 1.33. The fourth-order valence-electron chi connectivity index (χ4n) is 2.06. The maximum Gasteiger partial charge on any atom is 0.0346 e. The largest absolute Gasteiger partial charge is 0.399 e. The van der Waals surface area contributed by atoms with Crippen LogP contribution in [0.4, 0.5) is 5.69 Å². The van der Waals surface area contributed by atoms with E-state index >= 15 is 0 Å². The lowest BCUT2D eigenvalue weighted by atomic mass is 10.0. The standard InChI is InChI=1S/C20H21N/c1-16-17(2)20(21)15-14-19(16)13-9-4-3-6-10-18-11-7-5-8-12-18/h3-15H,21H2,1-2H3. The second-order valence-corrected chi connectivity index (χ2v) is 5.01. The summed E-state index contributed by atoms with van der Waals surface area (Å²) in [6.07, 6.45) is 12.3. The Bertz CT molecular complexity index is 676. The van der Waals surface area contributed by atoms with E-state index in [9.17, 15) is 0 Å². The summed E-state index contributed by atoms with van der Waals surface area (Å²) in [5.41, 5.74) is 11.5. The zero-order valence-corrected chi connectivity index (χ0v) is 12.6. The van der Waals surface area contributed by atoms with Crippen molar-refractivity contribution in [3.63, 3.8) is 0 Å². The van der Waals surface area contributed by atoms with E-state index in [0.29, 0.717) is 0 Å². The molecule has 0 aliphatic carbocycles. The summed E-state index contributed by atoms with van der Waals surface area (Å²) in [6.45, 7) is 4.16. The molecule has 0 saturated carbocycles. The Balaban J connectivity index is 1.98. The van der Waals surface area contributed by atoms with Crippen LogP contribution in [0.3, 0.4) is 0 Å². The van der Waals surface area contributed by atoms with Crippen molar-refractivity contribution in [3.8, 4) is 0 Å². The Kier molecular flexibility index (Phi) is 5.16. The highest BCUT2D eigenvalue weighted by Gasteiger charge is 2.00. The van der Waals surface area contributed by atoms with Crippen LogP contribution in [0.15, 0.2) is 66.8 Å². The van der Waals surface area contributed by atoms with Gasteiger partial charge in [0.15, 0.2) is 0 Å². The van der Waals surface area contributed by atoms with Crippen LogP contribution in [0.5, 0.6) is 0 Å². The number of anilines is 1. The van der Waals surface area contributed by atoms with Crippen LogP contribution in [-0.2, 0) is 0 Å². The lowest BCUT2D eigenvalue weighted by Gasteiger charge is -2.07. The number of benzene rings is 2. The predicted octanol–water partition coefficient (Wildman–Crippen LogP) is 5.17. The number of hydrogen-bond donors (Lipinski definition) is 1. The molecule has 0 spiro atoms. The molecule has 2 rings (SSSR count). The van der Waals surface area contributed by atoms with Gasteiger partial charge in [-0.1, -0.05) is 72.9 Å². The van der Waals surface area contributed by atoms with E-state index in [2.05, 4.69) is 44.2 Å². The van der Waals surface area contributed by atoms with Crippen LogP contribution in [0, 0.1) is 13.8 Å². The molecule has 2 aromatic rings. The van der Waals surface area contributed by atoms with Crippen molar-refractivity contribution < 1.29 is 0 Å². The van der Waals surface area contributed by atoms with Crippen molar-refractivity contribution >= 4 is 17.8 Å². The quantitative estimate of drug-likeness (QED) is 0.604. The molecule has 0 unspecified atom stereocenters. The molecule has 0 atom stereocenters. The third-order valence-electron chi connectivity index (χ3n) is 3.57. The van der Waals surface area contributed by atoms with E-state index in [1.165, 1.54) is 16.7 Å². The van der Waals surface area contributed by atoms with Gasteiger partial charge in [-0.05, 0) is 42.2 Å². The summed E-state index contributed by atoms with van der Waals surface area (Å²) in [4.78, 5) is 0. The fraction of sp³-hybridized carbons (Fsp3) is 0.100. The van der Waals surface area contributed by atoms with Crippen molar-refractivity contribution in [2.45, 2.75) is 13.8 Å². The molecule has 0 aromatic heterocycles. The molecule has 0 aliphatic rings. The van der Waals surface area contributed by atoms with Crippen molar-refractivity contribution in [1.82, 2.24) is 0 Å². The van der Waals surface area contributed by atoms with Gasteiger partial charge in [0, 0.05) is 5.69 Å². The van der Waals surface area contributed by atoms with Crippen molar-refractivity contribution in [2.24, 2.45) is 0 Å². The number of hydrogen-bond acceptors (Lipinski definition) is 1. The first kappa shape index (κ1) is 14.9. The summed E-state index contributed by atoms with van der Waals surface area (Å²) in [5, 5.41) is 0. The van der Waals surface area contributed by atoms with E-state index in [-0.39, 0.29) is 0 Å². The van der Waals surface area contributed by atoms with Crippen LogP contribution < -0.4 is 5.73 Å². The minimum atomic E-state index is 0.853. The molecule has 21 heavy (non-hydrogen) atoms. The van der Waals surface area contributed by atoms with Crippen LogP contribution in [0.2, 0.25) is 0 Å². The second-order valence-electron chi connectivity index (χ2n) is 5.01. The highest BCUT2D eigenvalue weighted by atomic mass is 14.6. The molecule has 0 saturated heterocycles. The Morgan fingerprint density at radius 3 is 2.10 bits per heavy atom. The third-order valence-corrected chi connectivity index (χ3v) is 3.57. The number of rotatable bonds is 4. The molecule has 0 radical (unpaired) electrons. The van der Waals surface area contributed by atoms with Gasteiger partial charge in [0.1, 0.15) is 0 Å². The van der Waals surface area contributed by atoms with E-state index in [4.69, 9.17) is 5.73 Å². The SMILES string of the molecule is Cc1c(N)ccc(C=CC=CC=Cc2ccccc2)c1C. The Morgan fingerprint density at radius 2 is 1.38 bits per heavy atom. The van der Waals surface area contributed by atoms with Gasteiger partial charge in [-0.3, -0.25) is 0 Å². The zero-order valence-electron chi connectivity index (χ0n) is 12.6. The molecule has 2 N–H and O–H groups in total. The minimum absolute atomic E-state index is 0.853. The Hall–Kier alpha value is -2.54. The molecule has 1 nitrogen and oxygen atoms in total. The van der Waals surface area contributed by atoms with E-state index in [0.717, 1.165) is 11.3 Å². The Labute approximate surface area is 127 Å². The summed E-state index contributed by atoms with van der Waals surface area (Å²) in [7, 11) is 0. The number of allylic oxidation sites excluding steroid dienone is 4. The monoisotopic (exact) mass is 275 g/mol. The first-order chi connectivity index (χ1) is 10.2. The van der Waals surface area contributed by atoms with Gasteiger partial charge in [-0.15, -0.1) is 0 Å². The molecule has 0 fully saturated rings. The fourth-order valence-corrected chi connectivity index (χ4v) is 2.06. The zero-order chi connectivity index (χ0) is 15.1. The minimum Gasteiger partial charge on any atom is -0.399 e. The molecule has 0 bridgehead atoms. The molecule has 2 aromatic carbocycles. The topological polar surface area (TPSA) is 26.0 Å². The van der Waals surface area contributed by atoms with E-state index in [1.807, 2.05) is 48.6 Å². The third kappa shape index (κ3) is 4.22. The molecule has 0 amide bonds. The van der Waals surface area contributed by atoms with Gasteiger partial charge in [0.25, 0.3) is 0 Å². The molecule has 106 valence electrons. The van der Waals surface area contributed by atoms with Gasteiger partial charge < -0.3 is 5.73 Å².